The van der Waals surface area contributed by atoms with E-state index in [1.54, 1.807) is 0 Å². The Balaban J connectivity index is 2.59. The van der Waals surface area contributed by atoms with Gasteiger partial charge in [0.15, 0.2) is 0 Å². The van der Waals surface area contributed by atoms with Crippen LogP contribution >= 0.6 is 0 Å². The van der Waals surface area contributed by atoms with Crippen molar-refractivity contribution in [1.29, 1.82) is 5.41 Å². The summed E-state index contributed by atoms with van der Waals surface area (Å²) in [6.07, 6.45) is 1.99. The summed E-state index contributed by atoms with van der Waals surface area (Å²) in [4.78, 5) is 0. The van der Waals surface area contributed by atoms with E-state index in [1.807, 2.05) is 0 Å². The number of nitrogens with one attached hydrogen (secondary N) is 1. The van der Waals surface area contributed by atoms with Crippen molar-refractivity contribution in [3.63, 3.8) is 0 Å². The third-order valence-electron chi connectivity index (χ3n) is 2.23. The second kappa shape index (κ2) is 2.19. The van der Waals surface area contributed by atoms with E-state index >= 15 is 0 Å². The Bertz CT molecular complexity index is 313. The first-order chi connectivity index (χ1) is 5.27. The smallest absolute Gasteiger partial charge is 0.0392 e. The fraction of sp³-hybridized carbons (Fsp3) is 0.300. The Hall–Kier alpha value is -1.11. The predicted octanol–water partition coefficient (Wildman–Crippen LogP) is 2.31. The van der Waals surface area contributed by atoms with Crippen LogP contribution in [0.3, 0.4) is 0 Å². The van der Waals surface area contributed by atoms with Gasteiger partial charge in [0.1, 0.15) is 0 Å². The van der Waals surface area contributed by atoms with Crippen LogP contribution in [0.2, 0.25) is 0 Å². The summed E-state index contributed by atoms with van der Waals surface area (Å²) < 4.78 is 0. The Labute approximate surface area is 66.6 Å². The van der Waals surface area contributed by atoms with Crippen LogP contribution in [-0.4, -0.2) is 5.71 Å². The van der Waals surface area contributed by atoms with Crippen LogP contribution in [-0.2, 0) is 6.42 Å². The zero-order valence-corrected chi connectivity index (χ0v) is 6.65. The lowest BCUT2D eigenvalue weighted by atomic mass is 10.1. The molecule has 0 unspecified atom stereocenters. The molecule has 0 aromatic heterocycles. The number of aryl methyl sites for hydroxylation is 2. The quantitative estimate of drug-likeness (QED) is 0.579. The van der Waals surface area contributed by atoms with Gasteiger partial charge in [0.05, 0.1) is 0 Å². The summed E-state index contributed by atoms with van der Waals surface area (Å²) in [6, 6.07) is 6.34. The van der Waals surface area contributed by atoms with Crippen LogP contribution in [0.25, 0.3) is 0 Å². The summed E-state index contributed by atoms with van der Waals surface area (Å²) in [6.45, 7) is 2.10. The maximum absolute atomic E-state index is 7.60. The molecule has 0 heterocycles. The standard InChI is InChI=1S/C10H11N/c1-7-2-4-9-8(6-7)3-5-10(9)11/h2,4,6,11H,3,5H2,1H3. The number of fused-ring (bicyclic) bond motifs is 1. The van der Waals surface area contributed by atoms with E-state index in [0.29, 0.717) is 0 Å². The van der Waals surface area contributed by atoms with Gasteiger partial charge >= 0.3 is 0 Å². The lowest BCUT2D eigenvalue weighted by Gasteiger charge is -1.98. The van der Waals surface area contributed by atoms with E-state index in [4.69, 9.17) is 5.41 Å². The number of hydrogen-bond acceptors (Lipinski definition) is 1. The first-order valence-electron chi connectivity index (χ1n) is 3.95. The van der Waals surface area contributed by atoms with Crippen molar-refractivity contribution in [3.8, 4) is 0 Å². The molecule has 0 atom stereocenters. The molecule has 0 spiro atoms. The van der Waals surface area contributed by atoms with Crippen molar-refractivity contribution in [2.45, 2.75) is 19.8 Å². The fourth-order valence-corrected chi connectivity index (χ4v) is 1.62. The Morgan fingerprint density at radius 3 is 2.91 bits per heavy atom. The third kappa shape index (κ3) is 0.967. The Morgan fingerprint density at radius 1 is 1.27 bits per heavy atom. The second-order valence-electron chi connectivity index (χ2n) is 3.14. The molecule has 1 aliphatic rings. The van der Waals surface area contributed by atoms with Gasteiger partial charge in [-0.1, -0.05) is 23.8 Å². The monoisotopic (exact) mass is 145 g/mol. The van der Waals surface area contributed by atoms with Gasteiger partial charge in [0.2, 0.25) is 0 Å². The minimum absolute atomic E-state index is 0.806. The van der Waals surface area contributed by atoms with E-state index in [0.717, 1.165) is 24.1 Å². The highest BCUT2D eigenvalue weighted by atomic mass is 14.4. The largest absolute Gasteiger partial charge is 0.305 e. The van der Waals surface area contributed by atoms with Crippen LogP contribution in [0.15, 0.2) is 18.2 Å². The van der Waals surface area contributed by atoms with Gasteiger partial charge in [-0.15, -0.1) is 0 Å². The van der Waals surface area contributed by atoms with Crippen molar-refractivity contribution in [2.75, 3.05) is 0 Å². The number of benzene rings is 1. The van der Waals surface area contributed by atoms with Crippen molar-refractivity contribution in [3.05, 3.63) is 34.9 Å². The molecule has 1 aromatic carbocycles. The van der Waals surface area contributed by atoms with Crippen molar-refractivity contribution in [1.82, 2.24) is 0 Å². The van der Waals surface area contributed by atoms with E-state index in [-0.39, 0.29) is 0 Å². The lowest BCUT2D eigenvalue weighted by Crippen LogP contribution is -1.90. The molecule has 1 aliphatic carbocycles. The SMILES string of the molecule is Cc1ccc2c(c1)CCC2=N. The highest BCUT2D eigenvalue weighted by molar-refractivity contribution is 6.02. The summed E-state index contributed by atoms with van der Waals surface area (Å²) in [7, 11) is 0. The number of rotatable bonds is 0. The van der Waals surface area contributed by atoms with Gasteiger partial charge in [0.25, 0.3) is 0 Å². The highest BCUT2D eigenvalue weighted by Gasteiger charge is 2.14. The summed E-state index contributed by atoms with van der Waals surface area (Å²) in [5.74, 6) is 0. The van der Waals surface area contributed by atoms with Crippen molar-refractivity contribution in [2.24, 2.45) is 0 Å². The first-order valence-corrected chi connectivity index (χ1v) is 3.95. The molecule has 0 saturated heterocycles. The van der Waals surface area contributed by atoms with E-state index in [9.17, 15) is 0 Å². The molecular formula is C10H11N. The summed E-state index contributed by atoms with van der Waals surface area (Å²) in [5.41, 5.74) is 4.63. The molecule has 1 heteroatoms. The molecule has 0 aliphatic heterocycles. The number of hydrogen-bond donors (Lipinski definition) is 1. The van der Waals surface area contributed by atoms with Crippen molar-refractivity contribution < 1.29 is 0 Å². The molecule has 0 fully saturated rings. The van der Waals surface area contributed by atoms with Gasteiger partial charge in [-0.3, -0.25) is 0 Å². The van der Waals surface area contributed by atoms with Crippen LogP contribution in [0.5, 0.6) is 0 Å². The zero-order chi connectivity index (χ0) is 7.84. The topological polar surface area (TPSA) is 23.9 Å². The first kappa shape index (κ1) is 6.59. The molecule has 0 amide bonds. The summed E-state index contributed by atoms with van der Waals surface area (Å²) in [5, 5.41) is 7.60. The highest BCUT2D eigenvalue weighted by Crippen LogP contribution is 2.22. The maximum atomic E-state index is 7.60. The van der Waals surface area contributed by atoms with E-state index in [1.165, 1.54) is 11.1 Å². The van der Waals surface area contributed by atoms with Gasteiger partial charge in [0, 0.05) is 5.71 Å². The molecule has 1 N–H and O–H groups in total. The van der Waals surface area contributed by atoms with Gasteiger partial charge in [-0.2, -0.15) is 0 Å². The minimum Gasteiger partial charge on any atom is -0.305 e. The van der Waals surface area contributed by atoms with Gasteiger partial charge in [-0.05, 0) is 30.9 Å². The van der Waals surface area contributed by atoms with E-state index in [2.05, 4.69) is 25.1 Å². The minimum atomic E-state index is 0.806. The average molecular weight is 145 g/mol. The summed E-state index contributed by atoms with van der Waals surface area (Å²) >= 11 is 0. The Morgan fingerprint density at radius 2 is 2.09 bits per heavy atom. The van der Waals surface area contributed by atoms with Crippen LogP contribution < -0.4 is 0 Å². The molecule has 56 valence electrons. The molecule has 0 saturated carbocycles. The normalized spacial score (nSPS) is 15.2. The predicted molar refractivity (Wildman–Crippen MR) is 46.3 cm³/mol. The zero-order valence-electron chi connectivity index (χ0n) is 6.65. The lowest BCUT2D eigenvalue weighted by molar-refractivity contribution is 1.08. The molecule has 2 rings (SSSR count). The maximum Gasteiger partial charge on any atom is 0.0392 e. The van der Waals surface area contributed by atoms with Crippen molar-refractivity contribution >= 4 is 5.71 Å². The van der Waals surface area contributed by atoms with Gasteiger partial charge in [-0.25, -0.2) is 0 Å². The van der Waals surface area contributed by atoms with E-state index < -0.39 is 0 Å². The second-order valence-corrected chi connectivity index (χ2v) is 3.14. The van der Waals surface area contributed by atoms with Crippen LogP contribution in [0, 0.1) is 12.3 Å². The third-order valence-corrected chi connectivity index (χ3v) is 2.23. The molecule has 1 aromatic rings. The average Bonchev–Trinajstić information content (AvgIpc) is 2.32. The van der Waals surface area contributed by atoms with Gasteiger partial charge < -0.3 is 5.41 Å². The molecule has 11 heavy (non-hydrogen) atoms. The molecular weight excluding hydrogens is 134 g/mol. The fourth-order valence-electron chi connectivity index (χ4n) is 1.62. The molecule has 1 nitrogen and oxygen atoms in total. The van der Waals surface area contributed by atoms with Crippen LogP contribution in [0.4, 0.5) is 0 Å². The van der Waals surface area contributed by atoms with Crippen LogP contribution in [0.1, 0.15) is 23.1 Å². The Kier molecular flexibility index (Phi) is 1.31. The molecule has 0 bridgehead atoms. The molecule has 0 radical (unpaired) electrons.